The predicted molar refractivity (Wildman–Crippen MR) is 77.7 cm³/mol. The Labute approximate surface area is 123 Å². The van der Waals surface area contributed by atoms with E-state index in [2.05, 4.69) is 4.98 Å². The summed E-state index contributed by atoms with van der Waals surface area (Å²) in [6.07, 6.45) is 4.48. The Bertz CT molecular complexity index is 586. The summed E-state index contributed by atoms with van der Waals surface area (Å²) in [4.78, 5) is 16.4. The molecule has 0 amide bonds. The molecule has 2 rings (SSSR count). The summed E-state index contributed by atoms with van der Waals surface area (Å²) in [5, 5.41) is 0. The molecule has 1 unspecified atom stereocenters. The van der Waals surface area contributed by atoms with Crippen LogP contribution in [0.15, 0.2) is 43.0 Å². The van der Waals surface area contributed by atoms with Gasteiger partial charge in [-0.25, -0.2) is 9.37 Å². The van der Waals surface area contributed by atoms with Crippen LogP contribution >= 0.6 is 0 Å². The van der Waals surface area contributed by atoms with Crippen molar-refractivity contribution < 1.29 is 13.9 Å². The van der Waals surface area contributed by atoms with E-state index in [1.54, 1.807) is 12.4 Å². The van der Waals surface area contributed by atoms with Crippen molar-refractivity contribution in [1.29, 1.82) is 0 Å². The number of aromatic nitrogens is 2. The highest BCUT2D eigenvalue weighted by Gasteiger charge is 2.27. The number of halogens is 1. The first-order chi connectivity index (χ1) is 9.85. The van der Waals surface area contributed by atoms with Gasteiger partial charge in [0.1, 0.15) is 17.9 Å². The molecule has 2 aromatic rings. The number of ether oxygens (including phenoxy) is 1. The Morgan fingerprint density at radius 1 is 1.33 bits per heavy atom. The Kier molecular flexibility index (Phi) is 4.40. The SMILES string of the molecule is CC(C)(C)CC(Oc1ccc(F)cc1)C(=O)n1ccnc1. The molecule has 0 aliphatic heterocycles. The number of benzene rings is 1. The maximum absolute atomic E-state index is 12.9. The van der Waals surface area contributed by atoms with Crippen molar-refractivity contribution in [3.05, 3.63) is 48.8 Å². The third-order valence-electron chi connectivity index (χ3n) is 2.92. The second-order valence-corrected chi connectivity index (χ2v) is 6.13. The lowest BCUT2D eigenvalue weighted by atomic mass is 9.89. The van der Waals surface area contributed by atoms with Crippen molar-refractivity contribution in [2.24, 2.45) is 5.41 Å². The molecule has 4 nitrogen and oxygen atoms in total. The Morgan fingerprint density at radius 2 is 2.00 bits per heavy atom. The first-order valence-electron chi connectivity index (χ1n) is 6.79. The third-order valence-corrected chi connectivity index (χ3v) is 2.92. The molecule has 0 aliphatic carbocycles. The number of hydrogen-bond acceptors (Lipinski definition) is 3. The Hall–Kier alpha value is -2.17. The van der Waals surface area contributed by atoms with Gasteiger partial charge in [-0.15, -0.1) is 0 Å². The van der Waals surface area contributed by atoms with E-state index >= 15 is 0 Å². The van der Waals surface area contributed by atoms with Crippen molar-refractivity contribution in [2.45, 2.75) is 33.3 Å². The fourth-order valence-corrected chi connectivity index (χ4v) is 1.97. The summed E-state index contributed by atoms with van der Waals surface area (Å²) in [7, 11) is 0. The summed E-state index contributed by atoms with van der Waals surface area (Å²) in [5.74, 6) is -0.0541. The molecule has 0 spiro atoms. The fraction of sp³-hybridized carbons (Fsp3) is 0.375. The molecule has 0 saturated carbocycles. The molecule has 0 radical (unpaired) electrons. The average molecular weight is 290 g/mol. The van der Waals surface area contributed by atoms with Gasteiger partial charge >= 0.3 is 0 Å². The van der Waals surface area contributed by atoms with E-state index in [0.29, 0.717) is 12.2 Å². The molecule has 1 aromatic carbocycles. The first kappa shape index (κ1) is 15.2. The third kappa shape index (κ3) is 4.41. The average Bonchev–Trinajstić information content (AvgIpc) is 2.92. The predicted octanol–water partition coefficient (Wildman–Crippen LogP) is 3.55. The van der Waals surface area contributed by atoms with Crippen LogP contribution in [0, 0.1) is 11.2 Å². The maximum atomic E-state index is 12.9. The zero-order chi connectivity index (χ0) is 15.5. The molecular weight excluding hydrogens is 271 g/mol. The zero-order valence-corrected chi connectivity index (χ0v) is 12.4. The monoisotopic (exact) mass is 290 g/mol. The van der Waals surface area contributed by atoms with Gasteiger partial charge in [-0.2, -0.15) is 0 Å². The van der Waals surface area contributed by atoms with Gasteiger partial charge in [0.25, 0.3) is 5.91 Å². The highest BCUT2D eigenvalue weighted by molar-refractivity contribution is 5.83. The van der Waals surface area contributed by atoms with Crippen LogP contribution in [0.5, 0.6) is 5.75 Å². The van der Waals surface area contributed by atoms with Crippen LogP contribution in [0.1, 0.15) is 32.0 Å². The van der Waals surface area contributed by atoms with Crippen LogP contribution in [0.4, 0.5) is 4.39 Å². The van der Waals surface area contributed by atoms with Gasteiger partial charge in [0.05, 0.1) is 0 Å². The normalized spacial score (nSPS) is 13.0. The minimum absolute atomic E-state index is 0.0824. The van der Waals surface area contributed by atoms with Crippen molar-refractivity contribution in [2.75, 3.05) is 0 Å². The van der Waals surface area contributed by atoms with Crippen LogP contribution in [0.3, 0.4) is 0 Å². The smallest absolute Gasteiger partial charge is 0.272 e. The second kappa shape index (κ2) is 6.08. The van der Waals surface area contributed by atoms with Gasteiger partial charge in [-0.1, -0.05) is 20.8 Å². The lowest BCUT2D eigenvalue weighted by Crippen LogP contribution is -2.35. The number of imidazole rings is 1. The van der Waals surface area contributed by atoms with Gasteiger partial charge in [-0.05, 0) is 36.1 Å². The molecular formula is C16H19FN2O2. The van der Waals surface area contributed by atoms with E-state index in [4.69, 9.17) is 4.74 Å². The lowest BCUT2D eigenvalue weighted by Gasteiger charge is -2.25. The molecule has 0 bridgehead atoms. The molecule has 0 fully saturated rings. The van der Waals surface area contributed by atoms with E-state index in [-0.39, 0.29) is 17.1 Å². The van der Waals surface area contributed by atoms with Gasteiger partial charge in [0.2, 0.25) is 0 Å². The minimum Gasteiger partial charge on any atom is -0.481 e. The molecule has 1 atom stereocenters. The summed E-state index contributed by atoms with van der Waals surface area (Å²) in [5.41, 5.74) is -0.0824. The molecule has 0 aliphatic rings. The highest BCUT2D eigenvalue weighted by atomic mass is 19.1. The molecule has 1 aromatic heterocycles. The minimum atomic E-state index is -0.648. The van der Waals surface area contributed by atoms with Crippen LogP contribution in [0.2, 0.25) is 0 Å². The molecule has 0 N–H and O–H groups in total. The number of rotatable bonds is 4. The summed E-state index contributed by atoms with van der Waals surface area (Å²) < 4.78 is 20.1. The topological polar surface area (TPSA) is 44.1 Å². The van der Waals surface area contributed by atoms with Gasteiger partial charge in [0, 0.05) is 12.4 Å². The summed E-state index contributed by atoms with van der Waals surface area (Å²) >= 11 is 0. The molecule has 1 heterocycles. The van der Waals surface area contributed by atoms with E-state index in [0.717, 1.165) is 0 Å². The highest BCUT2D eigenvalue weighted by Crippen LogP contribution is 2.25. The molecule has 21 heavy (non-hydrogen) atoms. The van der Waals surface area contributed by atoms with E-state index in [9.17, 15) is 9.18 Å². The van der Waals surface area contributed by atoms with Crippen molar-refractivity contribution in [1.82, 2.24) is 9.55 Å². The van der Waals surface area contributed by atoms with E-state index in [1.165, 1.54) is 35.2 Å². The molecule has 5 heteroatoms. The first-order valence-corrected chi connectivity index (χ1v) is 6.79. The largest absolute Gasteiger partial charge is 0.481 e. The Balaban J connectivity index is 2.19. The summed E-state index contributed by atoms with van der Waals surface area (Å²) in [6.45, 7) is 6.11. The van der Waals surface area contributed by atoms with Gasteiger partial charge in [-0.3, -0.25) is 9.36 Å². The maximum Gasteiger partial charge on any atom is 0.272 e. The molecule has 0 saturated heterocycles. The van der Waals surface area contributed by atoms with Crippen LogP contribution < -0.4 is 4.74 Å². The lowest BCUT2D eigenvalue weighted by molar-refractivity contribution is 0.0620. The van der Waals surface area contributed by atoms with E-state index < -0.39 is 6.10 Å². The second-order valence-electron chi connectivity index (χ2n) is 6.13. The van der Waals surface area contributed by atoms with Gasteiger partial charge in [0.15, 0.2) is 6.10 Å². The summed E-state index contributed by atoms with van der Waals surface area (Å²) in [6, 6.07) is 5.66. The van der Waals surface area contributed by atoms with Crippen molar-refractivity contribution >= 4 is 5.91 Å². The number of carbonyl (C=O) groups excluding carboxylic acids is 1. The van der Waals surface area contributed by atoms with Gasteiger partial charge < -0.3 is 4.74 Å². The zero-order valence-electron chi connectivity index (χ0n) is 12.4. The fourth-order valence-electron chi connectivity index (χ4n) is 1.97. The van der Waals surface area contributed by atoms with E-state index in [1.807, 2.05) is 20.8 Å². The van der Waals surface area contributed by atoms with Crippen LogP contribution in [-0.4, -0.2) is 21.6 Å². The van der Waals surface area contributed by atoms with Crippen molar-refractivity contribution in [3.63, 3.8) is 0 Å². The number of carbonyl (C=O) groups is 1. The number of nitrogens with zero attached hydrogens (tertiary/aromatic N) is 2. The standard InChI is InChI=1S/C16H19FN2O2/c1-16(2,3)10-14(15(20)19-9-8-18-11-19)21-13-6-4-12(17)5-7-13/h4-9,11,14H,10H2,1-3H3. The van der Waals surface area contributed by atoms with Crippen LogP contribution in [0.25, 0.3) is 0 Å². The quantitative estimate of drug-likeness (QED) is 0.865. The van der Waals surface area contributed by atoms with Crippen LogP contribution in [-0.2, 0) is 0 Å². The number of hydrogen-bond donors (Lipinski definition) is 0. The van der Waals surface area contributed by atoms with Crippen molar-refractivity contribution in [3.8, 4) is 5.75 Å². The Morgan fingerprint density at radius 3 is 2.52 bits per heavy atom. The molecule has 112 valence electrons.